The molecule has 0 aliphatic carbocycles. The summed E-state index contributed by atoms with van der Waals surface area (Å²) in [7, 11) is 0. The second-order valence-corrected chi connectivity index (χ2v) is 7.60. The highest BCUT2D eigenvalue weighted by Gasteiger charge is 2.29. The Balaban J connectivity index is 1.68. The van der Waals surface area contributed by atoms with E-state index >= 15 is 0 Å². The number of carbonyl (C=O) groups excluding carboxylic acids is 1. The molecule has 1 N–H and O–H groups in total. The van der Waals surface area contributed by atoms with Crippen LogP contribution in [0.15, 0.2) is 18.2 Å². The van der Waals surface area contributed by atoms with Crippen LogP contribution in [0.3, 0.4) is 0 Å². The maximum atomic E-state index is 12.8. The average molecular weight is 346 g/mol. The van der Waals surface area contributed by atoms with Crippen LogP contribution < -0.4 is 14.8 Å². The summed E-state index contributed by atoms with van der Waals surface area (Å²) in [6.07, 6.45) is 4.91. The Morgan fingerprint density at radius 2 is 1.72 bits per heavy atom. The normalized spacial score (nSPS) is 19.8. The number of rotatable bonds is 4. The van der Waals surface area contributed by atoms with E-state index in [9.17, 15) is 4.79 Å². The molecule has 1 fully saturated rings. The zero-order valence-corrected chi connectivity index (χ0v) is 15.6. The number of amides is 1. The molecule has 3 rings (SSSR count). The fourth-order valence-electron chi connectivity index (χ4n) is 3.56. The van der Waals surface area contributed by atoms with Crippen molar-refractivity contribution in [2.75, 3.05) is 26.3 Å². The Labute approximate surface area is 150 Å². The van der Waals surface area contributed by atoms with Gasteiger partial charge in [0.1, 0.15) is 13.2 Å². The van der Waals surface area contributed by atoms with Crippen molar-refractivity contribution in [1.82, 2.24) is 10.2 Å². The van der Waals surface area contributed by atoms with Gasteiger partial charge >= 0.3 is 0 Å². The maximum Gasteiger partial charge on any atom is 0.237 e. The summed E-state index contributed by atoms with van der Waals surface area (Å²) in [5.41, 5.74) is 0.556. The first-order chi connectivity index (χ1) is 12.0. The Morgan fingerprint density at radius 3 is 2.40 bits per heavy atom. The minimum atomic E-state index is -0.465. The van der Waals surface area contributed by atoms with Crippen molar-refractivity contribution >= 4 is 5.91 Å². The van der Waals surface area contributed by atoms with E-state index in [0.29, 0.717) is 13.2 Å². The second kappa shape index (κ2) is 7.65. The third-order valence-electron chi connectivity index (χ3n) is 5.27. The molecule has 0 bridgehead atoms. The highest BCUT2D eigenvalue weighted by molar-refractivity contribution is 5.82. The van der Waals surface area contributed by atoms with Gasteiger partial charge < -0.3 is 14.8 Å². The summed E-state index contributed by atoms with van der Waals surface area (Å²) in [6.45, 7) is 9.25. The van der Waals surface area contributed by atoms with Crippen molar-refractivity contribution < 1.29 is 14.3 Å². The largest absolute Gasteiger partial charge is 0.486 e. The molecule has 1 aromatic carbocycles. The van der Waals surface area contributed by atoms with Crippen molar-refractivity contribution in [3.05, 3.63) is 23.8 Å². The smallest absolute Gasteiger partial charge is 0.237 e. The molecule has 0 spiro atoms. The van der Waals surface area contributed by atoms with Crippen LogP contribution in [-0.2, 0) is 10.3 Å². The van der Waals surface area contributed by atoms with Gasteiger partial charge in [-0.05, 0) is 64.4 Å². The van der Waals surface area contributed by atoms with Crippen LogP contribution in [0.4, 0.5) is 0 Å². The van der Waals surface area contributed by atoms with Gasteiger partial charge in [0.15, 0.2) is 11.5 Å². The number of ether oxygens (including phenoxy) is 2. The summed E-state index contributed by atoms with van der Waals surface area (Å²) in [5.74, 6) is 1.61. The summed E-state index contributed by atoms with van der Waals surface area (Å²) < 4.78 is 11.3. The van der Waals surface area contributed by atoms with Crippen LogP contribution >= 0.6 is 0 Å². The van der Waals surface area contributed by atoms with Crippen molar-refractivity contribution in [2.45, 2.75) is 58.0 Å². The van der Waals surface area contributed by atoms with Gasteiger partial charge in [-0.25, -0.2) is 0 Å². The minimum Gasteiger partial charge on any atom is -0.486 e. The van der Waals surface area contributed by atoms with E-state index in [2.05, 4.69) is 10.2 Å². The molecule has 138 valence electrons. The predicted octanol–water partition coefficient (Wildman–Crippen LogP) is 3.07. The number of hydrogen-bond acceptors (Lipinski definition) is 4. The van der Waals surface area contributed by atoms with Gasteiger partial charge in [0, 0.05) is 0 Å². The van der Waals surface area contributed by atoms with Gasteiger partial charge in [0.05, 0.1) is 11.6 Å². The van der Waals surface area contributed by atoms with Gasteiger partial charge in [0.25, 0.3) is 0 Å². The Bertz CT molecular complexity index is 607. The molecular weight excluding hydrogens is 316 g/mol. The standard InChI is InChI=1S/C20H30N2O3/c1-15(22-10-6-4-5-7-11-22)19(23)21-20(2,3)16-8-9-17-18(14-16)25-13-12-24-17/h8-9,14-15H,4-7,10-13H2,1-3H3,(H,21,23). The third kappa shape index (κ3) is 4.27. The zero-order chi connectivity index (χ0) is 17.9. The van der Waals surface area contributed by atoms with E-state index in [1.54, 1.807) is 0 Å². The van der Waals surface area contributed by atoms with Gasteiger partial charge in [0.2, 0.25) is 5.91 Å². The number of nitrogens with one attached hydrogen (secondary N) is 1. The summed E-state index contributed by atoms with van der Waals surface area (Å²) in [4.78, 5) is 15.1. The number of benzene rings is 1. The lowest BCUT2D eigenvalue weighted by Crippen LogP contribution is -2.51. The van der Waals surface area contributed by atoms with Crippen LogP contribution in [0.5, 0.6) is 11.5 Å². The topological polar surface area (TPSA) is 50.8 Å². The number of nitrogens with zero attached hydrogens (tertiary/aromatic N) is 1. The highest BCUT2D eigenvalue weighted by atomic mass is 16.6. The van der Waals surface area contributed by atoms with Crippen LogP contribution in [0.25, 0.3) is 0 Å². The molecule has 1 saturated heterocycles. The van der Waals surface area contributed by atoms with E-state index in [1.807, 2.05) is 39.0 Å². The maximum absolute atomic E-state index is 12.8. The predicted molar refractivity (Wildman–Crippen MR) is 98.1 cm³/mol. The molecule has 1 amide bonds. The second-order valence-electron chi connectivity index (χ2n) is 7.60. The van der Waals surface area contributed by atoms with Gasteiger partial charge in [-0.2, -0.15) is 0 Å². The van der Waals surface area contributed by atoms with E-state index in [-0.39, 0.29) is 11.9 Å². The Morgan fingerprint density at radius 1 is 1.08 bits per heavy atom. The molecule has 1 atom stereocenters. The zero-order valence-electron chi connectivity index (χ0n) is 15.6. The van der Waals surface area contributed by atoms with Gasteiger partial charge in [-0.1, -0.05) is 18.9 Å². The fourth-order valence-corrected chi connectivity index (χ4v) is 3.56. The van der Waals surface area contributed by atoms with Crippen LogP contribution in [-0.4, -0.2) is 43.2 Å². The third-order valence-corrected chi connectivity index (χ3v) is 5.27. The van der Waals surface area contributed by atoms with E-state index in [4.69, 9.17) is 9.47 Å². The quantitative estimate of drug-likeness (QED) is 0.910. The van der Waals surface area contributed by atoms with Gasteiger partial charge in [-0.3, -0.25) is 9.69 Å². The molecular formula is C20H30N2O3. The molecule has 5 nitrogen and oxygen atoms in total. The average Bonchev–Trinajstić information content (AvgIpc) is 2.89. The minimum absolute atomic E-state index is 0.0850. The Kier molecular flexibility index (Phi) is 5.52. The fraction of sp³-hybridized carbons (Fsp3) is 0.650. The lowest BCUT2D eigenvalue weighted by molar-refractivity contribution is -0.127. The first-order valence-electron chi connectivity index (χ1n) is 9.43. The lowest BCUT2D eigenvalue weighted by Gasteiger charge is -2.33. The van der Waals surface area contributed by atoms with Crippen molar-refractivity contribution in [1.29, 1.82) is 0 Å². The van der Waals surface area contributed by atoms with Crippen molar-refractivity contribution in [3.8, 4) is 11.5 Å². The number of likely N-dealkylation sites (tertiary alicyclic amines) is 1. The van der Waals surface area contributed by atoms with Crippen LogP contribution in [0, 0.1) is 0 Å². The number of hydrogen-bond donors (Lipinski definition) is 1. The molecule has 0 aromatic heterocycles. The number of fused-ring (bicyclic) bond motifs is 1. The summed E-state index contributed by atoms with van der Waals surface area (Å²) in [5, 5.41) is 3.22. The first kappa shape index (κ1) is 18.1. The van der Waals surface area contributed by atoms with E-state index in [1.165, 1.54) is 25.7 Å². The molecule has 5 heteroatoms. The monoisotopic (exact) mass is 346 g/mol. The molecule has 2 aliphatic rings. The van der Waals surface area contributed by atoms with Crippen LogP contribution in [0.1, 0.15) is 52.0 Å². The Hall–Kier alpha value is -1.75. The van der Waals surface area contributed by atoms with Crippen molar-refractivity contribution in [3.63, 3.8) is 0 Å². The molecule has 2 aliphatic heterocycles. The van der Waals surface area contributed by atoms with Crippen LogP contribution in [0.2, 0.25) is 0 Å². The number of carbonyl (C=O) groups is 1. The summed E-state index contributed by atoms with van der Waals surface area (Å²) >= 11 is 0. The molecule has 25 heavy (non-hydrogen) atoms. The molecule has 0 saturated carbocycles. The van der Waals surface area contributed by atoms with Crippen molar-refractivity contribution in [2.24, 2.45) is 0 Å². The summed E-state index contributed by atoms with van der Waals surface area (Å²) in [6, 6.07) is 5.81. The van der Waals surface area contributed by atoms with E-state index < -0.39 is 5.54 Å². The lowest BCUT2D eigenvalue weighted by atomic mass is 9.93. The van der Waals surface area contributed by atoms with E-state index in [0.717, 1.165) is 30.2 Å². The molecule has 1 unspecified atom stereocenters. The SMILES string of the molecule is CC(C(=O)NC(C)(C)c1ccc2c(c1)OCCO2)N1CCCCCC1. The molecule has 0 radical (unpaired) electrons. The molecule has 2 heterocycles. The van der Waals surface area contributed by atoms with Gasteiger partial charge in [-0.15, -0.1) is 0 Å². The highest BCUT2D eigenvalue weighted by Crippen LogP contribution is 2.34. The first-order valence-corrected chi connectivity index (χ1v) is 9.43. The molecule has 1 aromatic rings.